The first kappa shape index (κ1) is 17.1. The van der Waals surface area contributed by atoms with Crippen LogP contribution >= 0.6 is 11.6 Å². The third kappa shape index (κ3) is 3.12. The molecule has 0 aliphatic heterocycles. The molecule has 1 aromatic heterocycles. The van der Waals surface area contributed by atoms with Crippen LogP contribution in [0.4, 0.5) is 23.2 Å². The fourth-order valence-electron chi connectivity index (χ4n) is 2.24. The fraction of sp³-hybridized carbons (Fsp3) is 0.214. The fourth-order valence-corrected chi connectivity index (χ4v) is 2.54. The minimum atomic E-state index is -4.82. The highest BCUT2D eigenvalue weighted by Gasteiger charge is 2.38. The Morgan fingerprint density at radius 1 is 1.26 bits per heavy atom. The summed E-state index contributed by atoms with van der Waals surface area (Å²) in [5.74, 6) is -1.06. The maximum Gasteiger partial charge on any atom is 0.416 e. The molecule has 4 nitrogen and oxygen atoms in total. The summed E-state index contributed by atoms with van der Waals surface area (Å²) in [5, 5.41) is 10.7. The van der Waals surface area contributed by atoms with Crippen LogP contribution in [0.25, 0.3) is 11.1 Å². The Kier molecular flexibility index (Phi) is 4.30. The molecule has 0 N–H and O–H groups in total. The van der Waals surface area contributed by atoms with Crippen molar-refractivity contribution in [3.05, 3.63) is 56.1 Å². The summed E-state index contributed by atoms with van der Waals surface area (Å²) in [6, 6.07) is 1.80. The SMILES string of the molecule is Cc1cnc(F)c(-c2c(Cl)cc(C(F)(F)F)c(C)c2[N+](=O)[O-])c1. The van der Waals surface area contributed by atoms with Gasteiger partial charge in [-0.25, -0.2) is 4.98 Å². The summed E-state index contributed by atoms with van der Waals surface area (Å²) in [5.41, 5.74) is -3.03. The van der Waals surface area contributed by atoms with Crippen molar-refractivity contribution in [3.8, 4) is 11.1 Å². The van der Waals surface area contributed by atoms with E-state index in [1.54, 1.807) is 6.92 Å². The Morgan fingerprint density at radius 3 is 2.39 bits per heavy atom. The first-order valence-corrected chi connectivity index (χ1v) is 6.59. The van der Waals surface area contributed by atoms with Gasteiger partial charge in [0.25, 0.3) is 5.69 Å². The van der Waals surface area contributed by atoms with E-state index >= 15 is 0 Å². The molecule has 1 aromatic carbocycles. The summed E-state index contributed by atoms with van der Waals surface area (Å²) in [7, 11) is 0. The van der Waals surface area contributed by atoms with Gasteiger partial charge in [-0.05, 0) is 31.5 Å². The highest BCUT2D eigenvalue weighted by atomic mass is 35.5. The standard InChI is InChI=1S/C14H9ClF4N2O2/c1-6-3-8(13(16)20-5-6)11-10(15)4-9(14(17,18)19)7(2)12(11)21(22)23/h3-5H,1-2H3. The van der Waals surface area contributed by atoms with E-state index < -0.39 is 44.4 Å². The maximum absolute atomic E-state index is 13.9. The average Bonchev–Trinajstić information content (AvgIpc) is 2.41. The Labute approximate surface area is 132 Å². The van der Waals surface area contributed by atoms with Gasteiger partial charge >= 0.3 is 6.18 Å². The number of pyridine rings is 1. The molecule has 0 atom stereocenters. The van der Waals surface area contributed by atoms with Gasteiger partial charge in [0.1, 0.15) is 0 Å². The number of aromatic nitrogens is 1. The molecule has 0 saturated carbocycles. The van der Waals surface area contributed by atoms with Crippen molar-refractivity contribution in [3.63, 3.8) is 0 Å². The molecular weight excluding hydrogens is 340 g/mol. The quantitative estimate of drug-likeness (QED) is 0.329. The van der Waals surface area contributed by atoms with Crippen LogP contribution < -0.4 is 0 Å². The Hall–Kier alpha value is -2.22. The van der Waals surface area contributed by atoms with Gasteiger partial charge < -0.3 is 0 Å². The van der Waals surface area contributed by atoms with Gasteiger partial charge in [0.15, 0.2) is 0 Å². The number of rotatable bonds is 2. The second-order valence-corrected chi connectivity index (χ2v) is 5.27. The number of nitrogens with zero attached hydrogens (tertiary/aromatic N) is 2. The monoisotopic (exact) mass is 348 g/mol. The summed E-state index contributed by atoms with van der Waals surface area (Å²) in [4.78, 5) is 13.7. The predicted molar refractivity (Wildman–Crippen MR) is 75.8 cm³/mol. The molecule has 122 valence electrons. The van der Waals surface area contributed by atoms with Crippen molar-refractivity contribution >= 4 is 17.3 Å². The molecule has 0 fully saturated rings. The van der Waals surface area contributed by atoms with Gasteiger partial charge in [-0.3, -0.25) is 10.1 Å². The number of benzene rings is 1. The topological polar surface area (TPSA) is 56.0 Å². The van der Waals surface area contributed by atoms with Crippen LogP contribution in [0.2, 0.25) is 5.02 Å². The molecule has 9 heteroatoms. The molecule has 0 saturated heterocycles. The highest BCUT2D eigenvalue weighted by Crippen LogP contribution is 2.45. The van der Waals surface area contributed by atoms with Crippen molar-refractivity contribution < 1.29 is 22.5 Å². The van der Waals surface area contributed by atoms with Gasteiger partial charge in [-0.15, -0.1) is 0 Å². The molecule has 0 unspecified atom stereocenters. The first-order chi connectivity index (χ1) is 10.5. The molecule has 2 aromatic rings. The first-order valence-electron chi connectivity index (χ1n) is 6.21. The number of hydrogen-bond acceptors (Lipinski definition) is 3. The molecule has 2 rings (SSSR count). The lowest BCUT2D eigenvalue weighted by Crippen LogP contribution is -2.10. The molecule has 0 aliphatic carbocycles. The molecule has 0 spiro atoms. The van der Waals surface area contributed by atoms with E-state index in [0.717, 1.165) is 6.92 Å². The van der Waals surface area contributed by atoms with E-state index in [0.29, 0.717) is 11.6 Å². The maximum atomic E-state index is 13.9. The molecule has 23 heavy (non-hydrogen) atoms. The molecule has 0 aliphatic rings. The zero-order valence-electron chi connectivity index (χ0n) is 11.8. The molecular formula is C14H9ClF4N2O2. The van der Waals surface area contributed by atoms with Crippen LogP contribution in [0.5, 0.6) is 0 Å². The van der Waals surface area contributed by atoms with E-state index in [9.17, 15) is 27.7 Å². The third-order valence-corrected chi connectivity index (χ3v) is 3.54. The molecule has 0 radical (unpaired) electrons. The summed E-state index contributed by atoms with van der Waals surface area (Å²) in [6.45, 7) is 2.51. The normalized spacial score (nSPS) is 11.6. The van der Waals surface area contributed by atoms with E-state index in [2.05, 4.69) is 4.98 Å². The highest BCUT2D eigenvalue weighted by molar-refractivity contribution is 6.34. The summed E-state index contributed by atoms with van der Waals surface area (Å²) in [6.07, 6.45) is -3.63. The van der Waals surface area contributed by atoms with Crippen molar-refractivity contribution in [2.75, 3.05) is 0 Å². The number of nitro groups is 1. The Bertz CT molecular complexity index is 806. The molecule has 1 heterocycles. The lowest BCUT2D eigenvalue weighted by Gasteiger charge is -2.15. The number of hydrogen-bond donors (Lipinski definition) is 0. The van der Waals surface area contributed by atoms with Gasteiger partial charge in [0.05, 0.1) is 21.1 Å². The van der Waals surface area contributed by atoms with Crippen molar-refractivity contribution in [1.82, 2.24) is 4.98 Å². The predicted octanol–water partition coefficient (Wildman–Crippen LogP) is 5.08. The molecule has 0 amide bonds. The Balaban J connectivity index is 2.92. The lowest BCUT2D eigenvalue weighted by atomic mass is 9.96. The van der Waals surface area contributed by atoms with Crippen LogP contribution in [0, 0.1) is 29.9 Å². The van der Waals surface area contributed by atoms with Crippen LogP contribution in [0.3, 0.4) is 0 Å². The minimum absolute atomic E-state index is 0.321. The number of halogens is 5. The van der Waals surface area contributed by atoms with E-state index in [1.807, 2.05) is 0 Å². The zero-order chi connectivity index (χ0) is 17.5. The minimum Gasteiger partial charge on any atom is -0.258 e. The number of alkyl halides is 3. The largest absolute Gasteiger partial charge is 0.416 e. The van der Waals surface area contributed by atoms with Gasteiger partial charge in [-0.1, -0.05) is 11.6 Å². The third-order valence-electron chi connectivity index (χ3n) is 3.24. The lowest BCUT2D eigenvalue weighted by molar-refractivity contribution is -0.384. The van der Waals surface area contributed by atoms with E-state index in [-0.39, 0.29) is 5.56 Å². The second-order valence-electron chi connectivity index (χ2n) is 4.86. The van der Waals surface area contributed by atoms with Crippen LogP contribution in [0.1, 0.15) is 16.7 Å². The zero-order valence-corrected chi connectivity index (χ0v) is 12.6. The Morgan fingerprint density at radius 2 is 1.87 bits per heavy atom. The van der Waals surface area contributed by atoms with Crippen molar-refractivity contribution in [2.24, 2.45) is 0 Å². The van der Waals surface area contributed by atoms with Crippen molar-refractivity contribution in [2.45, 2.75) is 20.0 Å². The smallest absolute Gasteiger partial charge is 0.258 e. The van der Waals surface area contributed by atoms with Crippen LogP contribution in [0.15, 0.2) is 18.3 Å². The summed E-state index contributed by atoms with van der Waals surface area (Å²) >= 11 is 5.82. The summed E-state index contributed by atoms with van der Waals surface area (Å²) < 4.78 is 52.9. The van der Waals surface area contributed by atoms with E-state index in [4.69, 9.17) is 11.6 Å². The van der Waals surface area contributed by atoms with Crippen molar-refractivity contribution in [1.29, 1.82) is 0 Å². The van der Waals surface area contributed by atoms with Gasteiger partial charge in [0.2, 0.25) is 5.95 Å². The van der Waals surface area contributed by atoms with Crippen LogP contribution in [-0.4, -0.2) is 9.91 Å². The number of nitro benzene ring substituents is 1. The van der Waals surface area contributed by atoms with Gasteiger partial charge in [0, 0.05) is 17.3 Å². The molecule has 0 bridgehead atoms. The average molecular weight is 349 g/mol. The van der Waals surface area contributed by atoms with E-state index in [1.165, 1.54) is 12.3 Å². The number of aryl methyl sites for hydroxylation is 1. The van der Waals surface area contributed by atoms with Gasteiger partial charge in [-0.2, -0.15) is 17.6 Å². The second kappa shape index (κ2) is 5.77. The van der Waals surface area contributed by atoms with Crippen LogP contribution in [-0.2, 0) is 6.18 Å².